The van der Waals surface area contributed by atoms with Gasteiger partial charge in [0.2, 0.25) is 5.66 Å². The Balaban J connectivity index is 1.96. The lowest BCUT2D eigenvalue weighted by Gasteiger charge is -2.32. The Morgan fingerprint density at radius 2 is 1.86 bits per heavy atom. The number of fused-ring (bicyclic) bond motifs is 1. The number of carbonyl (C=O) groups is 3. The van der Waals surface area contributed by atoms with Gasteiger partial charge < -0.3 is 19.6 Å². The number of carboxylic acid groups (broad SMARTS) is 1. The number of ether oxygens (including phenoxy) is 1. The van der Waals surface area contributed by atoms with Crippen molar-refractivity contribution in [3.05, 3.63) is 23.3 Å². The van der Waals surface area contributed by atoms with E-state index < -0.39 is 27.6 Å². The minimum atomic E-state index is -4.58. The molecule has 35 heavy (non-hydrogen) atoms. The van der Waals surface area contributed by atoms with Crippen molar-refractivity contribution in [3.63, 3.8) is 0 Å². The highest BCUT2D eigenvalue weighted by Gasteiger charge is 2.56. The molecule has 2 aliphatic rings. The van der Waals surface area contributed by atoms with Crippen LogP contribution in [0.25, 0.3) is 0 Å². The lowest BCUT2D eigenvalue weighted by Crippen LogP contribution is -2.63. The molecule has 2 heterocycles. The van der Waals surface area contributed by atoms with Crippen molar-refractivity contribution in [2.24, 2.45) is 5.73 Å². The zero-order chi connectivity index (χ0) is 26.1. The molecular weight excluding hydrogens is 496 g/mol. The van der Waals surface area contributed by atoms with Crippen molar-refractivity contribution in [2.45, 2.75) is 36.7 Å². The van der Waals surface area contributed by atoms with Crippen LogP contribution in [0.4, 0.5) is 0 Å². The number of benzene rings is 1. The van der Waals surface area contributed by atoms with Crippen LogP contribution in [-0.4, -0.2) is 103 Å². The quantitative estimate of drug-likeness (QED) is 0.466. The molecule has 0 saturated carbocycles. The largest absolute Gasteiger partial charge is 0.484 e. The van der Waals surface area contributed by atoms with Gasteiger partial charge in [-0.15, -0.1) is 0 Å². The maximum Gasteiger partial charge on any atom is 0.345 e. The van der Waals surface area contributed by atoms with E-state index in [9.17, 15) is 27.9 Å². The number of carbonyl (C=O) groups excluding carboxylic acids is 2. The number of hydrogen-bond acceptors (Lipinski definition) is 9. The third-order valence-electron chi connectivity index (χ3n) is 6.28. The van der Waals surface area contributed by atoms with Gasteiger partial charge in [-0.25, -0.2) is 17.5 Å². The fourth-order valence-corrected chi connectivity index (χ4v) is 6.48. The first kappa shape index (κ1) is 27.2. The van der Waals surface area contributed by atoms with Gasteiger partial charge in [0, 0.05) is 38.7 Å². The van der Waals surface area contributed by atoms with Crippen LogP contribution in [0.5, 0.6) is 5.75 Å². The number of amides is 2. The summed E-state index contributed by atoms with van der Waals surface area (Å²) in [5.41, 5.74) is 3.88. The highest BCUT2D eigenvalue weighted by molar-refractivity contribution is 7.98. The number of nitrogens with two attached hydrogens (primary N) is 1. The Labute approximate surface area is 209 Å². The number of carboxylic acids is 1. The SMILES string of the molecule is CSCCC(N)(C(=O)O)N1C(=O)c2c(C(C)C)cc(OCC(=O)N3CCN(C)CC3)cc2S1(=O)=O. The van der Waals surface area contributed by atoms with E-state index in [0.29, 0.717) is 18.7 Å². The maximum atomic E-state index is 13.5. The highest BCUT2D eigenvalue weighted by Crippen LogP contribution is 2.41. The van der Waals surface area contributed by atoms with Crippen LogP contribution in [-0.2, 0) is 19.6 Å². The van der Waals surface area contributed by atoms with E-state index in [1.807, 2.05) is 7.05 Å². The fourth-order valence-electron chi connectivity index (χ4n) is 4.13. The Bertz CT molecular complexity index is 1120. The molecule has 1 unspecified atom stereocenters. The van der Waals surface area contributed by atoms with Gasteiger partial charge in [-0.2, -0.15) is 11.8 Å². The van der Waals surface area contributed by atoms with Gasteiger partial charge in [0.1, 0.15) is 10.6 Å². The van der Waals surface area contributed by atoms with Crippen molar-refractivity contribution in [1.82, 2.24) is 14.1 Å². The molecule has 1 saturated heterocycles. The van der Waals surface area contributed by atoms with Crippen molar-refractivity contribution < 1.29 is 32.6 Å². The lowest BCUT2D eigenvalue weighted by atomic mass is 9.95. The van der Waals surface area contributed by atoms with E-state index in [4.69, 9.17) is 10.5 Å². The molecule has 194 valence electrons. The van der Waals surface area contributed by atoms with Gasteiger partial charge in [0.25, 0.3) is 21.8 Å². The average Bonchev–Trinajstić information content (AvgIpc) is 3.01. The standard InChI is InChI=1S/C22H32N4O7S2/c1-14(2)16-11-15(33-13-18(27)25-8-6-24(3)7-9-25)12-17-19(16)20(28)26(35(17,31)32)22(23,21(29)30)5-10-34-4/h11-12,14H,5-10,13,23H2,1-4H3,(H,29,30). The molecule has 2 amide bonds. The highest BCUT2D eigenvalue weighted by atomic mass is 32.2. The third-order valence-corrected chi connectivity index (χ3v) is 8.75. The number of piperazine rings is 1. The Hall–Kier alpha value is -2.35. The molecule has 3 N–H and O–H groups in total. The van der Waals surface area contributed by atoms with Crippen LogP contribution >= 0.6 is 11.8 Å². The zero-order valence-corrected chi connectivity index (χ0v) is 21.9. The van der Waals surface area contributed by atoms with Crippen LogP contribution < -0.4 is 10.5 Å². The summed E-state index contributed by atoms with van der Waals surface area (Å²) in [5, 5.41) is 9.80. The summed E-state index contributed by atoms with van der Waals surface area (Å²) >= 11 is 1.29. The topological polar surface area (TPSA) is 151 Å². The van der Waals surface area contributed by atoms with Gasteiger partial charge in [-0.05, 0) is 36.6 Å². The molecule has 3 rings (SSSR count). The van der Waals surface area contributed by atoms with Crippen molar-refractivity contribution >= 4 is 39.6 Å². The van der Waals surface area contributed by atoms with Gasteiger partial charge in [0.15, 0.2) is 6.61 Å². The molecule has 2 aliphatic heterocycles. The number of thioether (sulfide) groups is 1. The summed E-state index contributed by atoms with van der Waals surface area (Å²) in [5.74, 6) is -2.77. The Kier molecular flexibility index (Phi) is 8.04. The number of likely N-dealkylation sites (N-methyl/N-ethyl adjacent to an activating group) is 1. The van der Waals surface area contributed by atoms with Crippen molar-refractivity contribution in [3.8, 4) is 5.75 Å². The molecule has 1 aromatic rings. The smallest absolute Gasteiger partial charge is 0.345 e. The average molecular weight is 529 g/mol. The first-order valence-corrected chi connectivity index (χ1v) is 14.1. The van der Waals surface area contributed by atoms with E-state index >= 15 is 0 Å². The predicted molar refractivity (Wildman–Crippen MR) is 131 cm³/mol. The fraction of sp³-hybridized carbons (Fsp3) is 0.591. The molecule has 1 aromatic carbocycles. The van der Waals surface area contributed by atoms with Gasteiger partial charge in [-0.1, -0.05) is 13.8 Å². The molecule has 1 atom stereocenters. The van der Waals surface area contributed by atoms with E-state index in [-0.39, 0.29) is 51.1 Å². The molecule has 0 bridgehead atoms. The Morgan fingerprint density at radius 1 is 1.23 bits per heavy atom. The molecule has 0 spiro atoms. The monoisotopic (exact) mass is 528 g/mol. The first-order chi connectivity index (χ1) is 16.3. The lowest BCUT2D eigenvalue weighted by molar-refractivity contribution is -0.147. The van der Waals surface area contributed by atoms with Crippen LogP contribution in [0, 0.1) is 0 Å². The van der Waals surface area contributed by atoms with E-state index in [0.717, 1.165) is 13.1 Å². The molecule has 0 aliphatic carbocycles. The summed E-state index contributed by atoms with van der Waals surface area (Å²) in [6.45, 7) is 5.90. The van der Waals surface area contributed by atoms with E-state index in [1.54, 1.807) is 25.0 Å². The van der Waals surface area contributed by atoms with Crippen molar-refractivity contribution in [2.75, 3.05) is 51.8 Å². The second kappa shape index (κ2) is 10.3. The number of nitrogens with zero attached hydrogens (tertiary/aromatic N) is 3. The summed E-state index contributed by atoms with van der Waals surface area (Å²) in [7, 11) is -2.61. The minimum Gasteiger partial charge on any atom is -0.484 e. The van der Waals surface area contributed by atoms with Crippen LogP contribution in [0.2, 0.25) is 0 Å². The van der Waals surface area contributed by atoms with Crippen molar-refractivity contribution in [1.29, 1.82) is 0 Å². The van der Waals surface area contributed by atoms with Crippen LogP contribution in [0.15, 0.2) is 17.0 Å². The summed E-state index contributed by atoms with van der Waals surface area (Å²) < 4.78 is 32.9. The Morgan fingerprint density at radius 3 is 2.40 bits per heavy atom. The van der Waals surface area contributed by atoms with Gasteiger partial charge in [-0.3, -0.25) is 15.3 Å². The minimum absolute atomic E-state index is 0.107. The molecular formula is C22H32N4O7S2. The normalized spacial score (nSPS) is 19.5. The zero-order valence-electron chi connectivity index (χ0n) is 20.3. The number of rotatable bonds is 9. The summed E-state index contributed by atoms with van der Waals surface area (Å²) in [4.78, 5) is 41.4. The summed E-state index contributed by atoms with van der Waals surface area (Å²) in [6, 6.07) is 2.70. The second-order valence-corrected chi connectivity index (χ2v) is 11.8. The van der Waals surface area contributed by atoms with Crippen LogP contribution in [0.1, 0.15) is 42.1 Å². The van der Waals surface area contributed by atoms with Gasteiger partial charge in [0.05, 0.1) is 5.56 Å². The number of hydrogen-bond donors (Lipinski definition) is 2. The summed E-state index contributed by atoms with van der Waals surface area (Å²) in [6.07, 6.45) is 1.46. The third kappa shape index (κ3) is 5.13. The molecule has 0 radical (unpaired) electrons. The molecule has 0 aromatic heterocycles. The van der Waals surface area contributed by atoms with Gasteiger partial charge >= 0.3 is 5.97 Å². The second-order valence-electron chi connectivity index (χ2n) is 9.06. The number of aliphatic carboxylic acids is 1. The first-order valence-electron chi connectivity index (χ1n) is 11.2. The molecule has 1 fully saturated rings. The molecule has 11 nitrogen and oxygen atoms in total. The predicted octanol–water partition coefficient (Wildman–Crippen LogP) is 0.600. The van der Waals surface area contributed by atoms with Crippen LogP contribution in [0.3, 0.4) is 0 Å². The molecule has 13 heteroatoms. The van der Waals surface area contributed by atoms with E-state index in [1.165, 1.54) is 23.9 Å². The van der Waals surface area contributed by atoms with E-state index in [2.05, 4.69) is 4.90 Å². The number of sulfonamides is 1. The maximum absolute atomic E-state index is 13.5.